The summed E-state index contributed by atoms with van der Waals surface area (Å²) < 4.78 is 0.971. The van der Waals surface area contributed by atoms with Crippen LogP contribution in [0.15, 0.2) is 16.9 Å². The molecule has 1 aromatic rings. The van der Waals surface area contributed by atoms with Gasteiger partial charge in [-0.1, -0.05) is 0 Å². The molecule has 1 aromatic heterocycles. The van der Waals surface area contributed by atoms with E-state index in [2.05, 4.69) is 27.0 Å². The summed E-state index contributed by atoms with van der Waals surface area (Å²) in [6.45, 7) is 0. The minimum Gasteiger partial charge on any atom is -0.249 e. The number of nitrogens with zero attached hydrogens (tertiary/aromatic N) is 1. The molecule has 0 saturated heterocycles. The number of pyridine rings is 1. The van der Waals surface area contributed by atoms with Gasteiger partial charge < -0.3 is 0 Å². The molecule has 1 aliphatic rings. The van der Waals surface area contributed by atoms with Crippen LogP contribution in [-0.4, -0.2) is 4.98 Å². The van der Waals surface area contributed by atoms with E-state index in [9.17, 15) is 0 Å². The van der Waals surface area contributed by atoms with E-state index in [0.717, 1.165) is 4.60 Å². The molecule has 0 atom stereocenters. The molecular formula is C9H10BrN. The maximum absolute atomic E-state index is 4.21. The van der Waals surface area contributed by atoms with E-state index in [1.165, 1.54) is 36.8 Å². The molecule has 11 heavy (non-hydrogen) atoms. The molecule has 0 bridgehead atoms. The summed E-state index contributed by atoms with van der Waals surface area (Å²) in [6, 6.07) is 2.15. The fraction of sp³-hybridized carbons (Fsp3) is 0.444. The van der Waals surface area contributed by atoms with Gasteiger partial charge in [-0.2, -0.15) is 0 Å². The molecule has 1 heterocycles. The Bertz CT molecular complexity index is 270. The Morgan fingerprint density at radius 3 is 2.73 bits per heavy atom. The highest BCUT2D eigenvalue weighted by atomic mass is 79.9. The lowest BCUT2D eigenvalue weighted by molar-refractivity contribution is 0.681. The second-order valence-corrected chi connectivity index (χ2v) is 3.80. The van der Waals surface area contributed by atoms with E-state index < -0.39 is 0 Å². The maximum atomic E-state index is 4.21. The molecule has 0 N–H and O–H groups in total. The van der Waals surface area contributed by atoms with Gasteiger partial charge in [-0.15, -0.1) is 0 Å². The first kappa shape index (κ1) is 7.29. The maximum Gasteiger partial charge on any atom is 0.106 e. The van der Waals surface area contributed by atoms with Crippen LogP contribution in [0.1, 0.15) is 24.0 Å². The monoisotopic (exact) mass is 211 g/mol. The molecule has 0 unspecified atom stereocenters. The van der Waals surface area contributed by atoms with Crippen LogP contribution in [0.2, 0.25) is 0 Å². The number of hydrogen-bond acceptors (Lipinski definition) is 1. The van der Waals surface area contributed by atoms with Gasteiger partial charge in [-0.05, 0) is 58.8 Å². The molecule has 0 amide bonds. The third-order valence-corrected chi connectivity index (χ3v) is 2.63. The van der Waals surface area contributed by atoms with Gasteiger partial charge in [0.1, 0.15) is 4.60 Å². The van der Waals surface area contributed by atoms with Crippen molar-refractivity contribution in [1.29, 1.82) is 0 Å². The first-order chi connectivity index (χ1) is 5.36. The zero-order chi connectivity index (χ0) is 7.68. The third-order valence-electron chi connectivity index (χ3n) is 2.19. The van der Waals surface area contributed by atoms with Gasteiger partial charge in [0, 0.05) is 6.20 Å². The van der Waals surface area contributed by atoms with E-state index in [4.69, 9.17) is 0 Å². The molecule has 2 heteroatoms. The van der Waals surface area contributed by atoms with Crippen molar-refractivity contribution in [2.45, 2.75) is 25.7 Å². The minimum absolute atomic E-state index is 0.971. The fourth-order valence-corrected chi connectivity index (χ4v) is 1.96. The summed E-state index contributed by atoms with van der Waals surface area (Å²) in [5.41, 5.74) is 2.93. The number of fused-ring (bicyclic) bond motifs is 1. The average Bonchev–Trinajstić information content (AvgIpc) is 2.04. The first-order valence-corrected chi connectivity index (χ1v) is 4.79. The molecule has 58 valence electrons. The Kier molecular flexibility index (Phi) is 1.95. The van der Waals surface area contributed by atoms with Crippen molar-refractivity contribution < 1.29 is 0 Å². The SMILES string of the molecule is Brc1cc2c(cn1)CCCC2. The van der Waals surface area contributed by atoms with Crippen LogP contribution < -0.4 is 0 Å². The van der Waals surface area contributed by atoms with Gasteiger partial charge in [0.15, 0.2) is 0 Å². The lowest BCUT2D eigenvalue weighted by Crippen LogP contribution is -2.02. The predicted octanol–water partition coefficient (Wildman–Crippen LogP) is 2.72. The summed E-state index contributed by atoms with van der Waals surface area (Å²) >= 11 is 3.38. The lowest BCUT2D eigenvalue weighted by atomic mass is 9.94. The number of aromatic nitrogens is 1. The van der Waals surface area contributed by atoms with E-state index in [1.807, 2.05) is 6.20 Å². The quantitative estimate of drug-likeness (QED) is 0.602. The van der Waals surface area contributed by atoms with Gasteiger partial charge in [0.25, 0.3) is 0 Å². The van der Waals surface area contributed by atoms with Gasteiger partial charge in [-0.3, -0.25) is 0 Å². The Balaban J connectivity index is 2.43. The topological polar surface area (TPSA) is 12.9 Å². The highest BCUT2D eigenvalue weighted by Crippen LogP contribution is 2.22. The highest BCUT2D eigenvalue weighted by molar-refractivity contribution is 9.10. The highest BCUT2D eigenvalue weighted by Gasteiger charge is 2.08. The summed E-state index contributed by atoms with van der Waals surface area (Å²) in [6.07, 6.45) is 7.12. The minimum atomic E-state index is 0.971. The normalized spacial score (nSPS) is 16.1. The number of aryl methyl sites for hydroxylation is 2. The average molecular weight is 212 g/mol. The van der Waals surface area contributed by atoms with Crippen LogP contribution >= 0.6 is 15.9 Å². The summed E-state index contributed by atoms with van der Waals surface area (Å²) in [5.74, 6) is 0. The molecule has 0 aromatic carbocycles. The van der Waals surface area contributed by atoms with Crippen LogP contribution in [0, 0.1) is 0 Å². The van der Waals surface area contributed by atoms with Crippen LogP contribution in [0.25, 0.3) is 0 Å². The molecule has 0 saturated carbocycles. The van der Waals surface area contributed by atoms with Crippen LogP contribution in [0.4, 0.5) is 0 Å². The third kappa shape index (κ3) is 1.45. The van der Waals surface area contributed by atoms with Crippen molar-refractivity contribution in [1.82, 2.24) is 4.98 Å². The fourth-order valence-electron chi connectivity index (χ4n) is 1.58. The molecule has 0 radical (unpaired) electrons. The van der Waals surface area contributed by atoms with Crippen molar-refractivity contribution in [3.63, 3.8) is 0 Å². The molecule has 1 aliphatic carbocycles. The van der Waals surface area contributed by atoms with Crippen LogP contribution in [0.3, 0.4) is 0 Å². The second kappa shape index (κ2) is 2.94. The number of hydrogen-bond donors (Lipinski definition) is 0. The van der Waals surface area contributed by atoms with Gasteiger partial charge >= 0.3 is 0 Å². The number of halogens is 1. The smallest absolute Gasteiger partial charge is 0.106 e. The molecule has 0 spiro atoms. The van der Waals surface area contributed by atoms with Crippen molar-refractivity contribution in [3.8, 4) is 0 Å². The molecule has 2 rings (SSSR count). The predicted molar refractivity (Wildman–Crippen MR) is 48.6 cm³/mol. The standard InChI is InChI=1S/C9H10BrN/c10-9-5-7-3-1-2-4-8(7)6-11-9/h5-6H,1-4H2. The van der Waals surface area contributed by atoms with Crippen LogP contribution in [-0.2, 0) is 12.8 Å². The van der Waals surface area contributed by atoms with E-state index in [0.29, 0.717) is 0 Å². The Morgan fingerprint density at radius 2 is 1.91 bits per heavy atom. The molecular weight excluding hydrogens is 202 g/mol. The second-order valence-electron chi connectivity index (χ2n) is 2.98. The lowest BCUT2D eigenvalue weighted by Gasteiger charge is -2.14. The zero-order valence-corrected chi connectivity index (χ0v) is 7.89. The molecule has 0 aliphatic heterocycles. The largest absolute Gasteiger partial charge is 0.249 e. The Labute approximate surface area is 75.0 Å². The number of rotatable bonds is 0. The van der Waals surface area contributed by atoms with E-state index in [1.54, 1.807) is 0 Å². The van der Waals surface area contributed by atoms with Crippen LogP contribution in [0.5, 0.6) is 0 Å². The van der Waals surface area contributed by atoms with E-state index in [-0.39, 0.29) is 0 Å². The first-order valence-electron chi connectivity index (χ1n) is 3.99. The van der Waals surface area contributed by atoms with Gasteiger partial charge in [0.2, 0.25) is 0 Å². The van der Waals surface area contributed by atoms with E-state index >= 15 is 0 Å². The van der Waals surface area contributed by atoms with Crippen molar-refractivity contribution in [2.75, 3.05) is 0 Å². The molecule has 1 nitrogen and oxygen atoms in total. The van der Waals surface area contributed by atoms with Gasteiger partial charge in [-0.25, -0.2) is 4.98 Å². The van der Waals surface area contributed by atoms with Gasteiger partial charge in [0.05, 0.1) is 0 Å². The van der Waals surface area contributed by atoms with Crippen molar-refractivity contribution >= 4 is 15.9 Å². The Morgan fingerprint density at radius 1 is 1.18 bits per heavy atom. The zero-order valence-electron chi connectivity index (χ0n) is 6.31. The van der Waals surface area contributed by atoms with Crippen molar-refractivity contribution in [2.24, 2.45) is 0 Å². The van der Waals surface area contributed by atoms with Crippen molar-refractivity contribution in [3.05, 3.63) is 28.0 Å². The molecule has 0 fully saturated rings. The Hall–Kier alpha value is -0.370. The summed E-state index contributed by atoms with van der Waals surface area (Å²) in [5, 5.41) is 0. The summed E-state index contributed by atoms with van der Waals surface area (Å²) in [4.78, 5) is 4.21. The summed E-state index contributed by atoms with van der Waals surface area (Å²) in [7, 11) is 0.